The Balaban J connectivity index is 1.51. The first-order chi connectivity index (χ1) is 14.2. The van der Waals surface area contributed by atoms with Crippen molar-refractivity contribution < 1.29 is 16.8 Å². The first kappa shape index (κ1) is 22.2. The van der Waals surface area contributed by atoms with Crippen LogP contribution in [0, 0.1) is 12.8 Å². The molecule has 1 aromatic rings. The van der Waals surface area contributed by atoms with Crippen LogP contribution in [0.1, 0.15) is 48.4 Å². The monoisotopic (exact) mass is 456 g/mol. The number of aryl methyl sites for hydroxylation is 1. The third kappa shape index (κ3) is 4.58. The topological polar surface area (TPSA) is 113 Å². The number of rotatable bonds is 6. The van der Waals surface area contributed by atoms with Crippen molar-refractivity contribution >= 4 is 20.2 Å². The molecule has 4 rings (SSSR count). The Morgan fingerprint density at radius 3 is 2.77 bits per heavy atom. The Morgan fingerprint density at radius 1 is 1.20 bits per heavy atom. The summed E-state index contributed by atoms with van der Waals surface area (Å²) in [6.45, 7) is 4.73. The van der Waals surface area contributed by atoms with E-state index in [0.29, 0.717) is 12.5 Å². The molecule has 3 heterocycles. The van der Waals surface area contributed by atoms with E-state index in [0.717, 1.165) is 38.8 Å². The van der Waals surface area contributed by atoms with Crippen LogP contribution in [0.15, 0.2) is 18.2 Å². The summed E-state index contributed by atoms with van der Waals surface area (Å²) >= 11 is 0. The number of benzene rings is 1. The van der Waals surface area contributed by atoms with Crippen LogP contribution in [0.25, 0.3) is 0 Å². The van der Waals surface area contributed by atoms with E-state index in [1.807, 2.05) is 0 Å². The number of nitrogens with zero attached hydrogens (tertiary/aromatic N) is 2. The molecule has 0 radical (unpaired) electrons. The second kappa shape index (κ2) is 8.48. The van der Waals surface area contributed by atoms with E-state index >= 15 is 0 Å². The Bertz CT molecular complexity index is 996. The van der Waals surface area contributed by atoms with Gasteiger partial charge in [0.05, 0.1) is 5.75 Å². The van der Waals surface area contributed by atoms with Crippen molar-refractivity contribution in [1.82, 2.24) is 13.9 Å². The minimum Gasteiger partial charge on any atom is -0.296 e. The molecule has 2 saturated heterocycles. The highest BCUT2D eigenvalue weighted by Crippen LogP contribution is 2.44. The maximum atomic E-state index is 13.1. The molecule has 0 aliphatic carbocycles. The lowest BCUT2D eigenvalue weighted by atomic mass is 9.76. The van der Waals surface area contributed by atoms with Crippen molar-refractivity contribution in [2.75, 3.05) is 31.9 Å². The van der Waals surface area contributed by atoms with Crippen LogP contribution in [0.3, 0.4) is 0 Å². The molecule has 0 spiro atoms. The average Bonchev–Trinajstić information content (AvgIpc) is 2.68. The van der Waals surface area contributed by atoms with Crippen molar-refractivity contribution in [1.29, 1.82) is 0 Å². The van der Waals surface area contributed by atoms with E-state index in [-0.39, 0.29) is 30.8 Å². The minimum absolute atomic E-state index is 0.0155. The largest absolute Gasteiger partial charge is 0.296 e. The summed E-state index contributed by atoms with van der Waals surface area (Å²) in [6, 6.07) is 6.77. The van der Waals surface area contributed by atoms with Gasteiger partial charge in [0.25, 0.3) is 10.2 Å². The number of hydrogen-bond acceptors (Lipinski definition) is 5. The van der Waals surface area contributed by atoms with Crippen molar-refractivity contribution in [3.63, 3.8) is 0 Å². The van der Waals surface area contributed by atoms with Crippen LogP contribution >= 0.6 is 0 Å². The fraction of sp³-hybridized carbons (Fsp3) is 0.700. The van der Waals surface area contributed by atoms with Crippen LogP contribution in [-0.4, -0.2) is 64.0 Å². The molecule has 0 aromatic heterocycles. The molecule has 30 heavy (non-hydrogen) atoms. The quantitative estimate of drug-likeness (QED) is 0.618. The third-order valence-electron chi connectivity index (χ3n) is 6.90. The molecule has 3 atom stereocenters. The van der Waals surface area contributed by atoms with Crippen molar-refractivity contribution in [3.05, 3.63) is 34.9 Å². The van der Waals surface area contributed by atoms with Gasteiger partial charge in [-0.3, -0.25) is 4.90 Å². The van der Waals surface area contributed by atoms with Gasteiger partial charge in [0.1, 0.15) is 0 Å². The van der Waals surface area contributed by atoms with Gasteiger partial charge in [0.15, 0.2) is 0 Å². The summed E-state index contributed by atoms with van der Waals surface area (Å²) in [7, 11) is -7.25. The van der Waals surface area contributed by atoms with Gasteiger partial charge in [-0.25, -0.2) is 18.3 Å². The van der Waals surface area contributed by atoms with Crippen molar-refractivity contribution in [2.24, 2.45) is 11.1 Å². The van der Waals surface area contributed by atoms with Gasteiger partial charge in [-0.1, -0.05) is 18.2 Å². The molecule has 0 amide bonds. The molecule has 3 aliphatic heterocycles. The predicted octanol–water partition coefficient (Wildman–Crippen LogP) is 0.892. The summed E-state index contributed by atoms with van der Waals surface area (Å²) in [5.41, 5.74) is 4.08. The molecule has 1 aromatic carbocycles. The minimum atomic E-state index is -3.80. The first-order valence-electron chi connectivity index (χ1n) is 10.7. The average molecular weight is 457 g/mol. The fourth-order valence-corrected chi connectivity index (χ4v) is 7.86. The maximum absolute atomic E-state index is 13.1. The second-order valence-electron chi connectivity index (χ2n) is 8.83. The Labute approximate surface area is 180 Å². The lowest BCUT2D eigenvalue weighted by Gasteiger charge is -2.52. The standard InChI is InChI=1S/C20H32N4O4S2/c1-15-5-2-6-16-8-11-23-14-17-7-3-10-24(18(17)13-19(23)20(15)16)29(25,26)12-4-9-22-30(21,27)28/h2,5-6,17-19,22H,3-4,7-14H2,1H3,(H2,21,27,28)/t17-,18+,19-/m0/s1. The molecule has 10 heteroatoms. The highest BCUT2D eigenvalue weighted by molar-refractivity contribution is 7.89. The van der Waals surface area contributed by atoms with Gasteiger partial charge in [0.2, 0.25) is 10.0 Å². The van der Waals surface area contributed by atoms with Crippen LogP contribution in [0.2, 0.25) is 0 Å². The zero-order valence-electron chi connectivity index (χ0n) is 17.5. The lowest BCUT2D eigenvalue weighted by molar-refractivity contribution is 0.0217. The number of piperidine rings is 2. The molecule has 8 nitrogen and oxygen atoms in total. The van der Waals surface area contributed by atoms with Crippen LogP contribution in [-0.2, 0) is 26.7 Å². The summed E-state index contributed by atoms with van der Waals surface area (Å²) in [5, 5.41) is 4.93. The Hall–Kier alpha value is -1.04. The van der Waals surface area contributed by atoms with E-state index < -0.39 is 20.2 Å². The van der Waals surface area contributed by atoms with Gasteiger partial charge in [0, 0.05) is 38.3 Å². The summed E-state index contributed by atoms with van der Waals surface area (Å²) in [4.78, 5) is 2.56. The summed E-state index contributed by atoms with van der Waals surface area (Å²) < 4.78 is 52.2. The second-order valence-corrected chi connectivity index (χ2v) is 12.3. The van der Waals surface area contributed by atoms with E-state index in [1.165, 1.54) is 16.7 Å². The zero-order valence-corrected chi connectivity index (χ0v) is 19.1. The van der Waals surface area contributed by atoms with E-state index in [2.05, 4.69) is 34.7 Å². The van der Waals surface area contributed by atoms with Gasteiger partial charge in [-0.15, -0.1) is 0 Å². The fourth-order valence-electron chi connectivity index (χ4n) is 5.61. The Kier molecular flexibility index (Phi) is 6.26. The molecular weight excluding hydrogens is 424 g/mol. The SMILES string of the molecule is Cc1cccc2c1[C@@H]1C[C@@H]3[C@@H](CCCN3S(=O)(=O)CCCNS(N)(=O)=O)CN1CC2. The molecule has 3 aliphatic rings. The Morgan fingerprint density at radius 2 is 2.00 bits per heavy atom. The molecule has 3 N–H and O–H groups in total. The van der Waals surface area contributed by atoms with E-state index in [4.69, 9.17) is 5.14 Å². The van der Waals surface area contributed by atoms with Gasteiger partial charge >= 0.3 is 0 Å². The predicted molar refractivity (Wildman–Crippen MR) is 117 cm³/mol. The molecular formula is C20H32N4O4S2. The summed E-state index contributed by atoms with van der Waals surface area (Å²) in [5.74, 6) is 0.292. The smallest absolute Gasteiger partial charge is 0.274 e. The number of sulfonamides is 1. The van der Waals surface area contributed by atoms with Crippen molar-refractivity contribution in [2.45, 2.75) is 51.1 Å². The molecule has 2 fully saturated rings. The van der Waals surface area contributed by atoms with Crippen molar-refractivity contribution in [3.8, 4) is 0 Å². The lowest BCUT2D eigenvalue weighted by Crippen LogP contribution is -2.57. The normalized spacial score (nSPS) is 27.9. The first-order valence-corrected chi connectivity index (χ1v) is 13.9. The van der Waals surface area contributed by atoms with E-state index in [1.54, 1.807) is 4.31 Å². The molecule has 0 bridgehead atoms. The van der Waals surface area contributed by atoms with E-state index in [9.17, 15) is 16.8 Å². The number of fused-ring (bicyclic) bond motifs is 4. The highest BCUT2D eigenvalue weighted by atomic mass is 32.2. The number of hydrogen-bond donors (Lipinski definition) is 2. The molecule has 168 valence electrons. The number of nitrogens with one attached hydrogen (secondary N) is 1. The molecule has 0 saturated carbocycles. The van der Waals surface area contributed by atoms with Crippen LogP contribution in [0.4, 0.5) is 0 Å². The summed E-state index contributed by atoms with van der Waals surface area (Å²) in [6.07, 6.45) is 4.04. The molecule has 0 unspecified atom stereocenters. The third-order valence-corrected chi connectivity index (χ3v) is 9.48. The highest BCUT2D eigenvalue weighted by Gasteiger charge is 2.45. The maximum Gasteiger partial charge on any atom is 0.274 e. The van der Waals surface area contributed by atoms with Crippen LogP contribution < -0.4 is 9.86 Å². The van der Waals surface area contributed by atoms with Crippen LogP contribution in [0.5, 0.6) is 0 Å². The number of nitrogens with two attached hydrogens (primary N) is 1. The van der Waals surface area contributed by atoms with Gasteiger partial charge in [-0.05, 0) is 61.6 Å². The van der Waals surface area contributed by atoms with Gasteiger partial charge < -0.3 is 0 Å². The zero-order chi connectivity index (χ0) is 21.5. The van der Waals surface area contributed by atoms with Gasteiger partial charge in [-0.2, -0.15) is 12.7 Å².